The van der Waals surface area contributed by atoms with Gasteiger partial charge >= 0.3 is 6.09 Å². The number of amides is 1. The lowest BCUT2D eigenvalue weighted by atomic mass is 10.00. The molecule has 4 nitrogen and oxygen atoms in total. The molecule has 1 fully saturated rings. The Bertz CT molecular complexity index is 537. The van der Waals surface area contributed by atoms with Crippen LogP contribution in [0.15, 0.2) is 18.2 Å². The monoisotopic (exact) mass is 313 g/mol. The lowest BCUT2D eigenvalue weighted by Crippen LogP contribution is -2.42. The predicted molar refractivity (Wildman–Crippen MR) is 77.3 cm³/mol. The van der Waals surface area contributed by atoms with Crippen LogP contribution in [-0.4, -0.2) is 34.3 Å². The van der Waals surface area contributed by atoms with Gasteiger partial charge in [0.25, 0.3) is 0 Å². The zero-order valence-corrected chi connectivity index (χ0v) is 13.0. The molecule has 0 aliphatic carbocycles. The van der Waals surface area contributed by atoms with E-state index in [1.54, 1.807) is 20.8 Å². The van der Waals surface area contributed by atoms with E-state index in [9.17, 15) is 18.7 Å². The highest BCUT2D eigenvalue weighted by Crippen LogP contribution is 2.31. The zero-order chi connectivity index (χ0) is 16.5. The van der Waals surface area contributed by atoms with E-state index in [-0.39, 0.29) is 5.56 Å². The summed E-state index contributed by atoms with van der Waals surface area (Å²) in [5.74, 6) is -1.51. The Kier molecular flexibility index (Phi) is 4.70. The van der Waals surface area contributed by atoms with Crippen molar-refractivity contribution in [3.05, 3.63) is 35.4 Å². The second kappa shape index (κ2) is 6.20. The van der Waals surface area contributed by atoms with E-state index in [0.717, 1.165) is 18.2 Å². The standard InChI is InChI=1S/C16H21F2NO3/c1-16(2,3)22-15(21)19-6-4-5-13(19)14(20)10-7-11(17)9-12(18)8-10/h7-9,13-14,20H,4-6H2,1-3H3/t13-,14?/m0/s1. The van der Waals surface area contributed by atoms with Gasteiger partial charge in [-0.15, -0.1) is 0 Å². The smallest absolute Gasteiger partial charge is 0.410 e. The van der Waals surface area contributed by atoms with Gasteiger partial charge in [-0.05, 0) is 51.3 Å². The summed E-state index contributed by atoms with van der Waals surface area (Å²) < 4.78 is 31.9. The molecule has 22 heavy (non-hydrogen) atoms. The molecule has 1 aliphatic heterocycles. The number of aliphatic hydroxyl groups excluding tert-OH is 1. The number of halogens is 2. The topological polar surface area (TPSA) is 49.8 Å². The van der Waals surface area contributed by atoms with E-state index in [1.165, 1.54) is 4.90 Å². The number of likely N-dealkylation sites (tertiary alicyclic amines) is 1. The molecule has 1 amide bonds. The van der Waals surface area contributed by atoms with Crippen molar-refractivity contribution in [2.75, 3.05) is 6.54 Å². The van der Waals surface area contributed by atoms with Crippen LogP contribution in [0.1, 0.15) is 45.3 Å². The molecular formula is C16H21F2NO3. The first kappa shape index (κ1) is 16.7. The van der Waals surface area contributed by atoms with Gasteiger partial charge in [0.2, 0.25) is 0 Å². The van der Waals surface area contributed by atoms with Gasteiger partial charge in [0.05, 0.1) is 12.1 Å². The largest absolute Gasteiger partial charge is 0.444 e. The summed E-state index contributed by atoms with van der Waals surface area (Å²) in [7, 11) is 0. The highest BCUT2D eigenvalue weighted by molar-refractivity contribution is 5.69. The van der Waals surface area contributed by atoms with Crippen molar-refractivity contribution in [2.24, 2.45) is 0 Å². The van der Waals surface area contributed by atoms with Crippen LogP contribution in [0.4, 0.5) is 13.6 Å². The molecule has 6 heteroatoms. The summed E-state index contributed by atoms with van der Waals surface area (Å²) in [5.41, 5.74) is -0.516. The maximum absolute atomic E-state index is 13.3. The molecular weight excluding hydrogens is 292 g/mol. The van der Waals surface area contributed by atoms with Crippen LogP contribution in [0.5, 0.6) is 0 Å². The van der Waals surface area contributed by atoms with Gasteiger partial charge < -0.3 is 14.7 Å². The Morgan fingerprint density at radius 2 is 1.91 bits per heavy atom. The SMILES string of the molecule is CC(C)(C)OC(=O)N1CCC[C@H]1C(O)c1cc(F)cc(F)c1. The van der Waals surface area contributed by atoms with Crippen molar-refractivity contribution in [3.8, 4) is 0 Å². The minimum absolute atomic E-state index is 0.123. The third kappa shape index (κ3) is 3.94. The number of hydrogen-bond acceptors (Lipinski definition) is 3. The molecule has 2 atom stereocenters. The molecule has 0 radical (unpaired) electrons. The summed E-state index contributed by atoms with van der Waals surface area (Å²) in [4.78, 5) is 13.6. The van der Waals surface area contributed by atoms with Crippen LogP contribution in [-0.2, 0) is 4.74 Å². The van der Waals surface area contributed by atoms with Gasteiger partial charge in [-0.2, -0.15) is 0 Å². The Morgan fingerprint density at radius 3 is 2.45 bits per heavy atom. The molecule has 1 aromatic rings. The molecule has 0 bridgehead atoms. The number of rotatable bonds is 2. The molecule has 0 aromatic heterocycles. The molecule has 0 saturated carbocycles. The van der Waals surface area contributed by atoms with E-state index in [4.69, 9.17) is 4.74 Å². The van der Waals surface area contributed by atoms with Crippen molar-refractivity contribution < 1.29 is 23.4 Å². The Labute approximate surface area is 128 Å². The average molecular weight is 313 g/mol. The van der Waals surface area contributed by atoms with E-state index >= 15 is 0 Å². The fourth-order valence-electron chi connectivity index (χ4n) is 2.64. The van der Waals surface area contributed by atoms with Crippen LogP contribution in [0, 0.1) is 11.6 Å². The van der Waals surface area contributed by atoms with Crippen LogP contribution in [0.3, 0.4) is 0 Å². The number of benzene rings is 1. The number of nitrogens with zero attached hydrogens (tertiary/aromatic N) is 1. The maximum Gasteiger partial charge on any atom is 0.410 e. The fraction of sp³-hybridized carbons (Fsp3) is 0.562. The fourth-order valence-corrected chi connectivity index (χ4v) is 2.64. The Balaban J connectivity index is 2.17. The summed E-state index contributed by atoms with van der Waals surface area (Å²) in [6.07, 6.45) is -0.414. The van der Waals surface area contributed by atoms with E-state index < -0.39 is 35.5 Å². The summed E-state index contributed by atoms with van der Waals surface area (Å²) in [6.45, 7) is 5.73. The summed E-state index contributed by atoms with van der Waals surface area (Å²) >= 11 is 0. The third-order valence-corrected chi connectivity index (χ3v) is 3.52. The quantitative estimate of drug-likeness (QED) is 0.910. The van der Waals surface area contributed by atoms with Gasteiger partial charge in [-0.3, -0.25) is 0 Å². The zero-order valence-electron chi connectivity index (χ0n) is 13.0. The van der Waals surface area contributed by atoms with Gasteiger partial charge in [0.15, 0.2) is 0 Å². The highest BCUT2D eigenvalue weighted by Gasteiger charge is 2.37. The average Bonchev–Trinajstić information content (AvgIpc) is 2.83. The maximum atomic E-state index is 13.3. The van der Waals surface area contributed by atoms with Gasteiger partial charge in [-0.1, -0.05) is 0 Å². The Morgan fingerprint density at radius 1 is 1.32 bits per heavy atom. The molecule has 1 N–H and O–H groups in total. The molecule has 1 aromatic carbocycles. The summed E-state index contributed by atoms with van der Waals surface area (Å²) in [5, 5.41) is 10.4. The predicted octanol–water partition coefficient (Wildman–Crippen LogP) is 3.40. The number of carbonyl (C=O) groups is 1. The molecule has 2 rings (SSSR count). The molecule has 0 spiro atoms. The third-order valence-electron chi connectivity index (χ3n) is 3.52. The number of carbonyl (C=O) groups excluding carboxylic acids is 1. The normalized spacial score (nSPS) is 20.1. The first-order chi connectivity index (χ1) is 10.2. The van der Waals surface area contributed by atoms with Gasteiger partial charge in [0, 0.05) is 12.6 Å². The van der Waals surface area contributed by atoms with Crippen LogP contribution in [0.25, 0.3) is 0 Å². The van der Waals surface area contributed by atoms with Crippen LogP contribution < -0.4 is 0 Å². The van der Waals surface area contributed by atoms with Crippen LogP contribution >= 0.6 is 0 Å². The Hall–Kier alpha value is -1.69. The highest BCUT2D eigenvalue weighted by atomic mass is 19.1. The van der Waals surface area contributed by atoms with E-state index in [1.807, 2.05) is 0 Å². The first-order valence-electron chi connectivity index (χ1n) is 7.31. The molecule has 1 heterocycles. The first-order valence-corrected chi connectivity index (χ1v) is 7.31. The number of hydrogen-bond donors (Lipinski definition) is 1. The molecule has 1 aliphatic rings. The van der Waals surface area contributed by atoms with Crippen molar-refractivity contribution >= 4 is 6.09 Å². The molecule has 1 saturated heterocycles. The number of ether oxygens (including phenoxy) is 1. The second-order valence-electron chi connectivity index (χ2n) is 6.53. The van der Waals surface area contributed by atoms with E-state index in [2.05, 4.69) is 0 Å². The lowest BCUT2D eigenvalue weighted by molar-refractivity contribution is 0.00484. The van der Waals surface area contributed by atoms with E-state index in [0.29, 0.717) is 19.4 Å². The van der Waals surface area contributed by atoms with Crippen molar-refractivity contribution in [2.45, 2.75) is 51.4 Å². The molecule has 1 unspecified atom stereocenters. The summed E-state index contributed by atoms with van der Waals surface area (Å²) in [6, 6.07) is 2.37. The van der Waals surface area contributed by atoms with Crippen molar-refractivity contribution in [3.63, 3.8) is 0 Å². The van der Waals surface area contributed by atoms with Crippen LogP contribution in [0.2, 0.25) is 0 Å². The molecule has 122 valence electrons. The number of aliphatic hydroxyl groups is 1. The minimum atomic E-state index is -1.15. The van der Waals surface area contributed by atoms with Crippen molar-refractivity contribution in [1.82, 2.24) is 4.90 Å². The van der Waals surface area contributed by atoms with Crippen molar-refractivity contribution in [1.29, 1.82) is 0 Å². The lowest BCUT2D eigenvalue weighted by Gasteiger charge is -2.31. The van der Waals surface area contributed by atoms with Gasteiger partial charge in [0.1, 0.15) is 17.2 Å². The second-order valence-corrected chi connectivity index (χ2v) is 6.53. The minimum Gasteiger partial charge on any atom is -0.444 e. The van der Waals surface area contributed by atoms with Gasteiger partial charge in [-0.25, -0.2) is 13.6 Å².